The standard InChI is InChI=1S/C7H15NO2.C5H10O2/c1-4-5(2)6(8-3)7(9)10;1-3-4(2)5(6)7/h5-6,8H,4H2,1-3H3,(H,9,10);4H,3H2,1-2H3,(H,6,7)/t5-,6-;/m0./s1. The summed E-state index contributed by atoms with van der Waals surface area (Å²) in [7, 11) is 1.67. The predicted octanol–water partition coefficient (Wildman–Crippen LogP) is 1.82. The summed E-state index contributed by atoms with van der Waals surface area (Å²) in [5.74, 6) is -1.46. The van der Waals surface area contributed by atoms with Crippen molar-refractivity contribution in [3.05, 3.63) is 0 Å². The number of carboxylic acids is 2. The summed E-state index contributed by atoms with van der Waals surface area (Å²) in [5.41, 5.74) is 0. The van der Waals surface area contributed by atoms with Crippen molar-refractivity contribution < 1.29 is 19.8 Å². The Labute approximate surface area is 103 Å². The Balaban J connectivity index is 0. The van der Waals surface area contributed by atoms with E-state index in [9.17, 15) is 9.59 Å². The molecule has 0 aromatic rings. The first kappa shape index (κ1) is 18.3. The zero-order valence-corrected chi connectivity index (χ0v) is 11.4. The lowest BCUT2D eigenvalue weighted by atomic mass is 10.00. The van der Waals surface area contributed by atoms with Gasteiger partial charge in [0.15, 0.2) is 0 Å². The van der Waals surface area contributed by atoms with Gasteiger partial charge in [0, 0.05) is 0 Å². The van der Waals surface area contributed by atoms with Gasteiger partial charge in [-0.15, -0.1) is 0 Å². The molecule has 0 amide bonds. The fraction of sp³-hybridized carbons (Fsp3) is 0.833. The third kappa shape index (κ3) is 8.68. The van der Waals surface area contributed by atoms with Crippen molar-refractivity contribution in [3.8, 4) is 0 Å². The summed E-state index contributed by atoms with van der Waals surface area (Å²) >= 11 is 0. The maximum Gasteiger partial charge on any atom is 0.320 e. The highest BCUT2D eigenvalue weighted by Gasteiger charge is 2.20. The Morgan fingerprint density at radius 1 is 1.06 bits per heavy atom. The lowest BCUT2D eigenvalue weighted by Gasteiger charge is -2.16. The van der Waals surface area contributed by atoms with Gasteiger partial charge in [-0.3, -0.25) is 9.59 Å². The minimum absolute atomic E-state index is 0.181. The van der Waals surface area contributed by atoms with Crippen LogP contribution in [0.5, 0.6) is 0 Å². The molecule has 3 atom stereocenters. The Morgan fingerprint density at radius 3 is 1.59 bits per heavy atom. The third-order valence-electron chi connectivity index (χ3n) is 2.82. The molecule has 3 N–H and O–H groups in total. The zero-order valence-electron chi connectivity index (χ0n) is 11.4. The Hall–Kier alpha value is -1.10. The van der Waals surface area contributed by atoms with Crippen LogP contribution in [0, 0.1) is 11.8 Å². The van der Waals surface area contributed by atoms with E-state index in [1.807, 2.05) is 20.8 Å². The van der Waals surface area contributed by atoms with Crippen LogP contribution in [0.15, 0.2) is 0 Å². The van der Waals surface area contributed by atoms with E-state index in [0.717, 1.165) is 12.8 Å². The van der Waals surface area contributed by atoms with Crippen LogP contribution in [0.4, 0.5) is 0 Å². The highest BCUT2D eigenvalue weighted by atomic mass is 16.4. The second-order valence-electron chi connectivity index (χ2n) is 4.14. The molecule has 0 aliphatic heterocycles. The molecule has 0 heterocycles. The first-order valence-electron chi connectivity index (χ1n) is 5.94. The van der Waals surface area contributed by atoms with E-state index in [0.29, 0.717) is 0 Å². The van der Waals surface area contributed by atoms with Crippen molar-refractivity contribution in [3.63, 3.8) is 0 Å². The fourth-order valence-corrected chi connectivity index (χ4v) is 1.06. The van der Waals surface area contributed by atoms with E-state index in [1.54, 1.807) is 14.0 Å². The molecule has 5 heteroatoms. The molecular formula is C12H25NO4. The van der Waals surface area contributed by atoms with E-state index >= 15 is 0 Å². The maximum atomic E-state index is 10.5. The fourth-order valence-electron chi connectivity index (χ4n) is 1.06. The quantitative estimate of drug-likeness (QED) is 0.666. The molecule has 0 radical (unpaired) electrons. The van der Waals surface area contributed by atoms with Crippen LogP contribution < -0.4 is 5.32 Å². The number of carbonyl (C=O) groups is 2. The molecule has 0 fully saturated rings. The summed E-state index contributed by atoms with van der Waals surface area (Å²) in [6.07, 6.45) is 1.60. The Kier molecular flexibility index (Phi) is 10.8. The average Bonchev–Trinajstić information content (AvgIpc) is 2.28. The van der Waals surface area contributed by atoms with E-state index in [4.69, 9.17) is 10.2 Å². The number of nitrogens with one attached hydrogen (secondary N) is 1. The van der Waals surface area contributed by atoms with E-state index in [2.05, 4.69) is 5.32 Å². The van der Waals surface area contributed by atoms with Crippen LogP contribution in [0.3, 0.4) is 0 Å². The van der Waals surface area contributed by atoms with E-state index in [1.165, 1.54) is 0 Å². The highest BCUT2D eigenvalue weighted by molar-refractivity contribution is 5.73. The lowest BCUT2D eigenvalue weighted by molar-refractivity contribution is -0.141. The molecule has 0 aromatic carbocycles. The number of aliphatic carboxylic acids is 2. The van der Waals surface area contributed by atoms with Gasteiger partial charge in [-0.25, -0.2) is 0 Å². The topological polar surface area (TPSA) is 86.6 Å². The Bertz CT molecular complexity index is 231. The molecule has 5 nitrogen and oxygen atoms in total. The summed E-state index contributed by atoms with van der Waals surface area (Å²) in [4.78, 5) is 20.4. The van der Waals surface area contributed by atoms with Gasteiger partial charge in [-0.1, -0.05) is 34.1 Å². The molecule has 0 saturated heterocycles. The van der Waals surface area contributed by atoms with Gasteiger partial charge in [0.1, 0.15) is 6.04 Å². The van der Waals surface area contributed by atoms with Crippen LogP contribution in [0.25, 0.3) is 0 Å². The largest absolute Gasteiger partial charge is 0.481 e. The minimum atomic E-state index is -0.767. The van der Waals surface area contributed by atoms with Gasteiger partial charge in [-0.2, -0.15) is 0 Å². The SMILES string of the molecule is CCC(C)C(=O)O.CC[C@H](C)[C@H](NC)C(=O)O. The van der Waals surface area contributed by atoms with Crippen molar-refractivity contribution in [2.75, 3.05) is 7.05 Å². The van der Waals surface area contributed by atoms with Gasteiger partial charge >= 0.3 is 11.9 Å². The second-order valence-corrected chi connectivity index (χ2v) is 4.14. The molecule has 0 bridgehead atoms. The smallest absolute Gasteiger partial charge is 0.320 e. The summed E-state index contributed by atoms with van der Waals surface area (Å²) in [6, 6.07) is -0.398. The molecule has 17 heavy (non-hydrogen) atoms. The monoisotopic (exact) mass is 247 g/mol. The molecular weight excluding hydrogens is 222 g/mol. The van der Waals surface area contributed by atoms with Gasteiger partial charge in [0.25, 0.3) is 0 Å². The lowest BCUT2D eigenvalue weighted by Crippen LogP contribution is -2.39. The van der Waals surface area contributed by atoms with E-state index in [-0.39, 0.29) is 11.8 Å². The summed E-state index contributed by atoms with van der Waals surface area (Å²) in [6.45, 7) is 7.47. The first-order chi connectivity index (χ1) is 7.81. The number of likely N-dealkylation sites (N-methyl/N-ethyl adjacent to an activating group) is 1. The number of carboxylic acid groups (broad SMARTS) is 2. The zero-order chi connectivity index (χ0) is 14.0. The first-order valence-corrected chi connectivity index (χ1v) is 5.94. The third-order valence-corrected chi connectivity index (χ3v) is 2.82. The van der Waals surface area contributed by atoms with Crippen LogP contribution in [-0.2, 0) is 9.59 Å². The molecule has 0 rings (SSSR count). The van der Waals surface area contributed by atoms with Crippen LogP contribution in [0.2, 0.25) is 0 Å². The van der Waals surface area contributed by atoms with Crippen molar-refractivity contribution in [2.45, 2.75) is 46.6 Å². The minimum Gasteiger partial charge on any atom is -0.481 e. The van der Waals surface area contributed by atoms with Crippen LogP contribution >= 0.6 is 0 Å². The van der Waals surface area contributed by atoms with Crippen molar-refractivity contribution >= 4 is 11.9 Å². The van der Waals surface area contributed by atoms with Crippen molar-refractivity contribution in [1.82, 2.24) is 5.32 Å². The molecule has 1 unspecified atom stereocenters. The summed E-state index contributed by atoms with van der Waals surface area (Å²) < 4.78 is 0. The van der Waals surface area contributed by atoms with Crippen LogP contribution in [0.1, 0.15) is 40.5 Å². The molecule has 0 aromatic heterocycles. The predicted molar refractivity (Wildman–Crippen MR) is 67.0 cm³/mol. The van der Waals surface area contributed by atoms with Gasteiger partial charge in [0.05, 0.1) is 5.92 Å². The molecule has 102 valence electrons. The normalized spacial score (nSPS) is 15.1. The molecule has 0 aliphatic rings. The second kappa shape index (κ2) is 10.1. The molecule has 0 aliphatic carbocycles. The molecule has 0 saturated carbocycles. The van der Waals surface area contributed by atoms with Crippen molar-refractivity contribution in [1.29, 1.82) is 0 Å². The summed E-state index contributed by atoms with van der Waals surface area (Å²) in [5, 5.41) is 19.5. The van der Waals surface area contributed by atoms with Gasteiger partial charge in [0.2, 0.25) is 0 Å². The number of hydrogen-bond acceptors (Lipinski definition) is 3. The number of rotatable bonds is 6. The van der Waals surface area contributed by atoms with Crippen molar-refractivity contribution in [2.24, 2.45) is 11.8 Å². The van der Waals surface area contributed by atoms with Gasteiger partial charge in [-0.05, 0) is 19.4 Å². The maximum absolute atomic E-state index is 10.5. The number of hydrogen-bond donors (Lipinski definition) is 3. The Morgan fingerprint density at radius 2 is 1.53 bits per heavy atom. The average molecular weight is 247 g/mol. The van der Waals surface area contributed by atoms with Gasteiger partial charge < -0.3 is 15.5 Å². The van der Waals surface area contributed by atoms with Crippen LogP contribution in [-0.4, -0.2) is 35.2 Å². The van der Waals surface area contributed by atoms with E-state index < -0.39 is 18.0 Å². The molecule has 0 spiro atoms. The highest BCUT2D eigenvalue weighted by Crippen LogP contribution is 2.06.